The fraction of sp³-hybridized carbons (Fsp3) is 0.250. The Morgan fingerprint density at radius 3 is 2.75 bits per heavy atom. The molecule has 1 aromatic carbocycles. The third kappa shape index (κ3) is 4.75. The normalized spacial score (nSPS) is 11.4. The third-order valence-corrected chi connectivity index (χ3v) is 4.25. The Morgan fingerprint density at radius 2 is 2.15 bits per heavy atom. The van der Waals surface area contributed by atoms with Crippen LogP contribution in [0, 0.1) is 11.3 Å². The predicted octanol–water partition coefficient (Wildman–Crippen LogP) is 1.28. The van der Waals surface area contributed by atoms with Crippen molar-refractivity contribution in [1.82, 2.24) is 5.32 Å². The molecule has 0 heterocycles. The van der Waals surface area contributed by atoms with Crippen LogP contribution in [-0.4, -0.2) is 33.5 Å². The van der Waals surface area contributed by atoms with E-state index in [1.807, 2.05) is 6.07 Å². The molecule has 1 unspecified atom stereocenters. The quantitative estimate of drug-likeness (QED) is 0.744. The average Bonchev–Trinajstić information content (AvgIpc) is 2.39. The van der Waals surface area contributed by atoms with Crippen LogP contribution in [0.3, 0.4) is 0 Å². The fourth-order valence-corrected chi connectivity index (χ4v) is 2.71. The van der Waals surface area contributed by atoms with Crippen LogP contribution in [0.5, 0.6) is 0 Å². The molecule has 0 aliphatic carbocycles. The van der Waals surface area contributed by atoms with E-state index in [-0.39, 0.29) is 29.2 Å². The van der Waals surface area contributed by atoms with Gasteiger partial charge in [-0.05, 0) is 34.1 Å². The Hall–Kier alpha value is -1.72. The molecule has 0 aliphatic heterocycles. The smallest absolute Gasteiger partial charge is 0.336 e. The first kappa shape index (κ1) is 16.3. The minimum atomic E-state index is -1.63. The number of carboxylic acid groups (broad SMARTS) is 1. The SMILES string of the molecule is N#CCCNC(=O)CS(=O)c1ccc(Br)c(C(=O)O)c1. The molecular weight excluding hydrogens is 348 g/mol. The third-order valence-electron chi connectivity index (χ3n) is 2.25. The second-order valence-electron chi connectivity index (χ2n) is 3.69. The van der Waals surface area contributed by atoms with Gasteiger partial charge in [0.2, 0.25) is 5.91 Å². The summed E-state index contributed by atoms with van der Waals surface area (Å²) in [5.41, 5.74) is -0.0132. The van der Waals surface area contributed by atoms with E-state index in [4.69, 9.17) is 10.4 Å². The summed E-state index contributed by atoms with van der Waals surface area (Å²) in [6.07, 6.45) is 0.180. The zero-order valence-electron chi connectivity index (χ0n) is 10.3. The van der Waals surface area contributed by atoms with Crippen molar-refractivity contribution in [3.05, 3.63) is 28.2 Å². The Morgan fingerprint density at radius 1 is 1.45 bits per heavy atom. The van der Waals surface area contributed by atoms with Crippen LogP contribution >= 0.6 is 15.9 Å². The molecule has 106 valence electrons. The van der Waals surface area contributed by atoms with E-state index in [0.29, 0.717) is 4.47 Å². The highest BCUT2D eigenvalue weighted by Gasteiger charge is 2.14. The first-order valence-corrected chi connectivity index (χ1v) is 7.61. The number of rotatable bonds is 6. The summed E-state index contributed by atoms with van der Waals surface area (Å²) in [6.45, 7) is 0.202. The Balaban J connectivity index is 2.73. The first-order valence-electron chi connectivity index (χ1n) is 5.50. The molecule has 20 heavy (non-hydrogen) atoms. The lowest BCUT2D eigenvalue weighted by Gasteiger charge is -2.05. The lowest BCUT2D eigenvalue weighted by Crippen LogP contribution is -2.29. The van der Waals surface area contributed by atoms with Gasteiger partial charge in [-0.3, -0.25) is 9.00 Å². The molecule has 0 saturated heterocycles. The van der Waals surface area contributed by atoms with Gasteiger partial charge in [-0.25, -0.2) is 4.79 Å². The number of amides is 1. The zero-order valence-corrected chi connectivity index (χ0v) is 12.7. The number of nitrogens with zero attached hydrogens (tertiary/aromatic N) is 1. The number of hydrogen-bond donors (Lipinski definition) is 2. The van der Waals surface area contributed by atoms with Crippen LogP contribution in [0.15, 0.2) is 27.6 Å². The van der Waals surface area contributed by atoms with Crippen LogP contribution in [0.2, 0.25) is 0 Å². The average molecular weight is 359 g/mol. The lowest BCUT2D eigenvalue weighted by molar-refractivity contribution is -0.118. The molecule has 2 N–H and O–H groups in total. The van der Waals surface area contributed by atoms with Gasteiger partial charge in [-0.1, -0.05) is 0 Å². The summed E-state index contributed by atoms with van der Waals surface area (Å²) >= 11 is 3.08. The zero-order chi connectivity index (χ0) is 15.1. The number of aromatic carboxylic acids is 1. The standard InChI is InChI=1S/C12H11BrN2O4S/c13-10-3-2-8(6-9(10)12(17)18)20(19)7-11(16)15-5-1-4-14/h2-3,6H,1,5,7H2,(H,15,16)(H,17,18). The van der Waals surface area contributed by atoms with Crippen molar-refractivity contribution in [3.63, 3.8) is 0 Å². The molecule has 1 rings (SSSR count). The van der Waals surface area contributed by atoms with E-state index < -0.39 is 22.7 Å². The van der Waals surface area contributed by atoms with Crippen LogP contribution in [0.1, 0.15) is 16.8 Å². The molecule has 8 heteroatoms. The van der Waals surface area contributed by atoms with Crippen LogP contribution in [0.4, 0.5) is 0 Å². The van der Waals surface area contributed by atoms with Crippen molar-refractivity contribution >= 4 is 38.6 Å². The molecule has 0 saturated carbocycles. The van der Waals surface area contributed by atoms with Crippen molar-refractivity contribution in [3.8, 4) is 6.07 Å². The van der Waals surface area contributed by atoms with Gasteiger partial charge in [0, 0.05) is 15.9 Å². The number of carbonyl (C=O) groups is 2. The van der Waals surface area contributed by atoms with E-state index in [1.165, 1.54) is 18.2 Å². The molecule has 1 atom stereocenters. The maximum atomic E-state index is 12.0. The van der Waals surface area contributed by atoms with E-state index in [1.54, 1.807) is 0 Å². The molecular formula is C12H11BrN2O4S. The second-order valence-corrected chi connectivity index (χ2v) is 6.00. The minimum absolute atomic E-state index is 0.0132. The number of halogens is 1. The van der Waals surface area contributed by atoms with Crippen molar-refractivity contribution in [1.29, 1.82) is 5.26 Å². The van der Waals surface area contributed by atoms with Gasteiger partial charge in [0.15, 0.2) is 0 Å². The van der Waals surface area contributed by atoms with E-state index in [2.05, 4.69) is 21.2 Å². The number of nitrogens with one attached hydrogen (secondary N) is 1. The van der Waals surface area contributed by atoms with Gasteiger partial charge in [0.25, 0.3) is 0 Å². The van der Waals surface area contributed by atoms with E-state index in [0.717, 1.165) is 0 Å². The summed E-state index contributed by atoms with van der Waals surface area (Å²) < 4.78 is 12.3. The second kappa shape index (κ2) is 7.77. The molecule has 0 bridgehead atoms. The van der Waals surface area contributed by atoms with Crippen LogP contribution in [0.25, 0.3) is 0 Å². The summed E-state index contributed by atoms with van der Waals surface area (Å²) in [5, 5.41) is 19.7. The number of nitriles is 1. The molecule has 0 fully saturated rings. The highest BCUT2D eigenvalue weighted by molar-refractivity contribution is 9.10. The van der Waals surface area contributed by atoms with Gasteiger partial charge in [-0.15, -0.1) is 0 Å². The molecule has 0 aliphatic rings. The van der Waals surface area contributed by atoms with Crippen LogP contribution < -0.4 is 5.32 Å². The number of carboxylic acids is 1. The summed E-state index contributed by atoms with van der Waals surface area (Å²) in [6, 6.07) is 6.11. The fourth-order valence-electron chi connectivity index (χ4n) is 1.32. The Kier molecular flexibility index (Phi) is 6.35. The van der Waals surface area contributed by atoms with E-state index >= 15 is 0 Å². The van der Waals surface area contributed by atoms with Crippen molar-refractivity contribution in [2.45, 2.75) is 11.3 Å². The first-order chi connectivity index (χ1) is 9.45. The Bertz CT molecular complexity index is 598. The summed E-state index contributed by atoms with van der Waals surface area (Å²) in [7, 11) is -1.63. The maximum absolute atomic E-state index is 12.0. The van der Waals surface area contributed by atoms with Crippen molar-refractivity contribution in [2.24, 2.45) is 0 Å². The molecule has 1 amide bonds. The summed E-state index contributed by atoms with van der Waals surface area (Å²) in [5.74, 6) is -1.86. The highest BCUT2D eigenvalue weighted by atomic mass is 79.9. The minimum Gasteiger partial charge on any atom is -0.478 e. The molecule has 6 nitrogen and oxygen atoms in total. The molecule has 1 aromatic rings. The van der Waals surface area contributed by atoms with Crippen molar-refractivity contribution < 1.29 is 18.9 Å². The largest absolute Gasteiger partial charge is 0.478 e. The lowest BCUT2D eigenvalue weighted by atomic mass is 10.2. The van der Waals surface area contributed by atoms with Gasteiger partial charge >= 0.3 is 5.97 Å². The van der Waals surface area contributed by atoms with Crippen molar-refractivity contribution in [2.75, 3.05) is 12.3 Å². The van der Waals surface area contributed by atoms with Gasteiger partial charge in [-0.2, -0.15) is 5.26 Å². The number of hydrogen-bond acceptors (Lipinski definition) is 4. The topological polar surface area (TPSA) is 107 Å². The van der Waals surface area contributed by atoms with E-state index in [9.17, 15) is 13.8 Å². The summed E-state index contributed by atoms with van der Waals surface area (Å²) in [4.78, 5) is 22.7. The van der Waals surface area contributed by atoms with Gasteiger partial charge < -0.3 is 10.4 Å². The molecule has 0 aromatic heterocycles. The number of carbonyl (C=O) groups excluding carboxylic acids is 1. The van der Waals surface area contributed by atoms with Gasteiger partial charge in [0.05, 0.1) is 28.9 Å². The monoisotopic (exact) mass is 358 g/mol. The molecule has 0 spiro atoms. The van der Waals surface area contributed by atoms with Crippen LogP contribution in [-0.2, 0) is 15.6 Å². The molecule has 0 radical (unpaired) electrons. The maximum Gasteiger partial charge on any atom is 0.336 e. The van der Waals surface area contributed by atoms with Gasteiger partial charge in [0.1, 0.15) is 5.75 Å². The predicted molar refractivity (Wildman–Crippen MR) is 75.6 cm³/mol. The number of benzene rings is 1. The highest BCUT2D eigenvalue weighted by Crippen LogP contribution is 2.20. The Labute approximate surface area is 126 Å².